The van der Waals surface area contributed by atoms with Crippen LogP contribution in [0, 0.1) is 5.92 Å². The Morgan fingerprint density at radius 2 is 2.00 bits per heavy atom. The largest absolute Gasteiger partial charge is 0.497 e. The SMILES string of the molecule is CCC(C)C(NC(=O)CCOc1cccc(OC)c1)C(=O)O. The first-order chi connectivity index (χ1) is 10.5. The summed E-state index contributed by atoms with van der Waals surface area (Å²) in [5.41, 5.74) is 0. The molecule has 0 aromatic heterocycles. The molecular weight excluding hydrogens is 286 g/mol. The molecule has 2 unspecified atom stereocenters. The van der Waals surface area contributed by atoms with Crippen molar-refractivity contribution < 1.29 is 24.2 Å². The number of aliphatic carboxylic acids is 1. The van der Waals surface area contributed by atoms with Crippen molar-refractivity contribution in [1.29, 1.82) is 0 Å². The Balaban J connectivity index is 2.43. The maximum absolute atomic E-state index is 11.8. The fourth-order valence-corrected chi connectivity index (χ4v) is 1.88. The predicted molar refractivity (Wildman–Crippen MR) is 82.1 cm³/mol. The highest BCUT2D eigenvalue weighted by Crippen LogP contribution is 2.18. The van der Waals surface area contributed by atoms with Crippen molar-refractivity contribution in [2.24, 2.45) is 5.92 Å². The van der Waals surface area contributed by atoms with Gasteiger partial charge in [-0.25, -0.2) is 4.79 Å². The van der Waals surface area contributed by atoms with Crippen LogP contribution in [-0.4, -0.2) is 36.7 Å². The molecule has 22 heavy (non-hydrogen) atoms. The lowest BCUT2D eigenvalue weighted by Gasteiger charge is -2.20. The van der Waals surface area contributed by atoms with E-state index in [2.05, 4.69) is 5.32 Å². The third kappa shape index (κ3) is 5.63. The number of benzene rings is 1. The number of carbonyl (C=O) groups excluding carboxylic acids is 1. The molecule has 0 bridgehead atoms. The first-order valence-corrected chi connectivity index (χ1v) is 7.27. The van der Waals surface area contributed by atoms with Gasteiger partial charge in [-0.3, -0.25) is 4.79 Å². The summed E-state index contributed by atoms with van der Waals surface area (Å²) in [6.07, 6.45) is 0.773. The number of ether oxygens (including phenoxy) is 2. The number of amides is 1. The fourth-order valence-electron chi connectivity index (χ4n) is 1.88. The molecule has 0 saturated heterocycles. The number of methoxy groups -OCH3 is 1. The second kappa shape index (κ2) is 8.92. The minimum Gasteiger partial charge on any atom is -0.497 e. The van der Waals surface area contributed by atoms with E-state index in [1.54, 1.807) is 38.3 Å². The van der Waals surface area contributed by atoms with Gasteiger partial charge in [0.25, 0.3) is 0 Å². The highest BCUT2D eigenvalue weighted by Gasteiger charge is 2.24. The molecule has 0 fully saturated rings. The topological polar surface area (TPSA) is 84.9 Å². The maximum atomic E-state index is 11.8. The molecule has 1 rings (SSSR count). The molecule has 0 spiro atoms. The lowest BCUT2D eigenvalue weighted by Crippen LogP contribution is -2.45. The quantitative estimate of drug-likeness (QED) is 0.729. The van der Waals surface area contributed by atoms with Crippen molar-refractivity contribution >= 4 is 11.9 Å². The first-order valence-electron chi connectivity index (χ1n) is 7.27. The lowest BCUT2D eigenvalue weighted by atomic mass is 9.99. The van der Waals surface area contributed by atoms with Crippen LogP contribution in [0.1, 0.15) is 26.7 Å². The van der Waals surface area contributed by atoms with Gasteiger partial charge < -0.3 is 19.9 Å². The zero-order valence-corrected chi connectivity index (χ0v) is 13.2. The van der Waals surface area contributed by atoms with Crippen molar-refractivity contribution in [2.45, 2.75) is 32.7 Å². The number of hydrogen-bond acceptors (Lipinski definition) is 4. The summed E-state index contributed by atoms with van der Waals surface area (Å²) in [4.78, 5) is 23.0. The molecule has 0 aliphatic rings. The van der Waals surface area contributed by atoms with Crippen LogP contribution in [0.3, 0.4) is 0 Å². The van der Waals surface area contributed by atoms with E-state index in [4.69, 9.17) is 14.6 Å². The van der Waals surface area contributed by atoms with Crippen molar-refractivity contribution in [1.82, 2.24) is 5.32 Å². The molecule has 1 aromatic carbocycles. The molecule has 6 nitrogen and oxygen atoms in total. The number of rotatable bonds is 9. The molecule has 1 aromatic rings. The molecule has 0 aliphatic heterocycles. The Labute approximate surface area is 130 Å². The van der Waals surface area contributed by atoms with Gasteiger partial charge in [-0.2, -0.15) is 0 Å². The van der Waals surface area contributed by atoms with Crippen LogP contribution >= 0.6 is 0 Å². The van der Waals surface area contributed by atoms with E-state index in [-0.39, 0.29) is 24.9 Å². The molecule has 0 heterocycles. The molecule has 1 amide bonds. The van der Waals surface area contributed by atoms with E-state index >= 15 is 0 Å². The Morgan fingerprint density at radius 1 is 1.32 bits per heavy atom. The minimum atomic E-state index is -1.02. The van der Waals surface area contributed by atoms with E-state index in [9.17, 15) is 9.59 Å². The minimum absolute atomic E-state index is 0.0947. The third-order valence-corrected chi connectivity index (χ3v) is 3.43. The molecular formula is C16H23NO5. The average Bonchev–Trinajstić information content (AvgIpc) is 2.51. The van der Waals surface area contributed by atoms with Crippen LogP contribution in [0.5, 0.6) is 11.5 Å². The monoisotopic (exact) mass is 309 g/mol. The molecule has 0 aliphatic carbocycles. The van der Waals surface area contributed by atoms with Crippen molar-refractivity contribution in [2.75, 3.05) is 13.7 Å². The van der Waals surface area contributed by atoms with Gasteiger partial charge in [0.05, 0.1) is 20.1 Å². The van der Waals surface area contributed by atoms with Crippen LogP contribution in [0.15, 0.2) is 24.3 Å². The Kier molecular flexibility index (Phi) is 7.22. The second-order valence-electron chi connectivity index (χ2n) is 5.05. The lowest BCUT2D eigenvalue weighted by molar-refractivity contribution is -0.143. The van der Waals surface area contributed by atoms with Gasteiger partial charge in [0, 0.05) is 6.07 Å². The molecule has 2 atom stereocenters. The van der Waals surface area contributed by atoms with Crippen molar-refractivity contribution in [3.05, 3.63) is 24.3 Å². The number of carboxylic acids is 1. The zero-order chi connectivity index (χ0) is 16.5. The first kappa shape index (κ1) is 17.8. The van der Waals surface area contributed by atoms with Crippen molar-refractivity contribution in [3.8, 4) is 11.5 Å². The normalized spacial score (nSPS) is 13.0. The second-order valence-corrected chi connectivity index (χ2v) is 5.05. The molecule has 0 radical (unpaired) electrons. The summed E-state index contributed by atoms with van der Waals surface area (Å²) in [6, 6.07) is 6.20. The number of carboxylic acid groups (broad SMARTS) is 1. The van der Waals surface area contributed by atoms with Crippen LogP contribution < -0.4 is 14.8 Å². The van der Waals surface area contributed by atoms with Gasteiger partial charge in [-0.1, -0.05) is 26.3 Å². The Morgan fingerprint density at radius 3 is 2.59 bits per heavy atom. The average molecular weight is 309 g/mol. The fraction of sp³-hybridized carbons (Fsp3) is 0.500. The summed E-state index contributed by atoms with van der Waals surface area (Å²) < 4.78 is 10.5. The predicted octanol–water partition coefficient (Wildman–Crippen LogP) is 2.08. The van der Waals surface area contributed by atoms with Gasteiger partial charge in [-0.05, 0) is 18.1 Å². The Bertz CT molecular complexity index is 503. The highest BCUT2D eigenvalue weighted by atomic mass is 16.5. The summed E-state index contributed by atoms with van der Waals surface area (Å²) in [5, 5.41) is 11.7. The molecule has 6 heteroatoms. The highest BCUT2D eigenvalue weighted by molar-refractivity contribution is 5.83. The summed E-state index contributed by atoms with van der Waals surface area (Å²) in [6.45, 7) is 3.86. The van der Waals surface area contributed by atoms with Gasteiger partial charge >= 0.3 is 5.97 Å². The van der Waals surface area contributed by atoms with Crippen LogP contribution in [0.2, 0.25) is 0 Å². The van der Waals surface area contributed by atoms with Gasteiger partial charge in [0.2, 0.25) is 5.91 Å². The smallest absolute Gasteiger partial charge is 0.326 e. The molecule has 122 valence electrons. The standard InChI is InChI=1S/C16H23NO5/c1-4-11(2)15(16(19)20)17-14(18)8-9-22-13-7-5-6-12(10-13)21-3/h5-7,10-11,15H,4,8-9H2,1-3H3,(H,17,18)(H,19,20). The van der Waals surface area contributed by atoms with Crippen LogP contribution in [0.25, 0.3) is 0 Å². The van der Waals surface area contributed by atoms with Gasteiger partial charge in [0.15, 0.2) is 0 Å². The number of nitrogens with one attached hydrogen (secondary N) is 1. The van der Waals surface area contributed by atoms with Crippen LogP contribution in [-0.2, 0) is 9.59 Å². The molecule has 0 saturated carbocycles. The van der Waals surface area contributed by atoms with E-state index in [1.807, 2.05) is 6.92 Å². The summed E-state index contributed by atoms with van der Waals surface area (Å²) in [5.74, 6) is -0.207. The van der Waals surface area contributed by atoms with Crippen LogP contribution in [0.4, 0.5) is 0 Å². The summed E-state index contributed by atoms with van der Waals surface area (Å²) in [7, 11) is 1.56. The van der Waals surface area contributed by atoms with E-state index < -0.39 is 12.0 Å². The van der Waals surface area contributed by atoms with Crippen molar-refractivity contribution in [3.63, 3.8) is 0 Å². The summed E-state index contributed by atoms with van der Waals surface area (Å²) >= 11 is 0. The number of hydrogen-bond donors (Lipinski definition) is 2. The van der Waals surface area contributed by atoms with E-state index in [0.717, 1.165) is 0 Å². The van der Waals surface area contributed by atoms with Gasteiger partial charge in [-0.15, -0.1) is 0 Å². The maximum Gasteiger partial charge on any atom is 0.326 e. The number of carbonyl (C=O) groups is 2. The van der Waals surface area contributed by atoms with E-state index in [1.165, 1.54) is 0 Å². The van der Waals surface area contributed by atoms with E-state index in [0.29, 0.717) is 17.9 Å². The zero-order valence-electron chi connectivity index (χ0n) is 13.2. The van der Waals surface area contributed by atoms with Gasteiger partial charge in [0.1, 0.15) is 17.5 Å². The molecule has 2 N–H and O–H groups in total. The Hall–Kier alpha value is -2.24. The third-order valence-electron chi connectivity index (χ3n) is 3.43.